The Kier molecular flexibility index (Phi) is 6.75. The number of carbonyl (C=O) groups is 3. The number of ether oxygens (including phenoxy) is 1. The van der Waals surface area contributed by atoms with E-state index in [2.05, 4.69) is 34.9 Å². The summed E-state index contributed by atoms with van der Waals surface area (Å²) in [7, 11) is 0. The molecule has 0 heterocycles. The lowest BCUT2D eigenvalue weighted by atomic mass is 9.82. The minimum atomic E-state index is -0.788. The van der Waals surface area contributed by atoms with E-state index in [9.17, 15) is 14.4 Å². The summed E-state index contributed by atoms with van der Waals surface area (Å²) in [5.74, 6) is -1.08. The Morgan fingerprint density at radius 3 is 2.23 bits per heavy atom. The molecule has 4 unspecified atom stereocenters. The van der Waals surface area contributed by atoms with Gasteiger partial charge in [0.15, 0.2) is 0 Å². The largest absolute Gasteiger partial charge is 0.481 e. The first-order chi connectivity index (χ1) is 17.0. The highest BCUT2D eigenvalue weighted by atomic mass is 16.5. The number of hydrogen-bond donors (Lipinski definition) is 3. The molecule has 4 atom stereocenters. The van der Waals surface area contributed by atoms with Crippen LogP contribution in [0.3, 0.4) is 0 Å². The Hall–Kier alpha value is -3.35. The molecule has 3 N–H and O–H groups in total. The summed E-state index contributed by atoms with van der Waals surface area (Å²) in [5.41, 5.74) is 4.73. The molecule has 0 aliphatic heterocycles. The van der Waals surface area contributed by atoms with Crippen molar-refractivity contribution >= 4 is 18.0 Å². The predicted octanol–water partition coefficient (Wildman–Crippen LogP) is 4.31. The Morgan fingerprint density at radius 2 is 1.57 bits per heavy atom. The fourth-order valence-corrected chi connectivity index (χ4v) is 5.76. The molecule has 0 radical (unpaired) electrons. The van der Waals surface area contributed by atoms with Crippen molar-refractivity contribution in [3.05, 3.63) is 59.7 Å². The lowest BCUT2D eigenvalue weighted by Crippen LogP contribution is -2.44. The molecule has 2 amide bonds. The van der Waals surface area contributed by atoms with Crippen molar-refractivity contribution in [3.63, 3.8) is 0 Å². The van der Waals surface area contributed by atoms with Crippen LogP contribution in [0.5, 0.6) is 0 Å². The highest BCUT2D eigenvalue weighted by Crippen LogP contribution is 2.44. The van der Waals surface area contributed by atoms with E-state index in [1.54, 1.807) is 0 Å². The van der Waals surface area contributed by atoms with E-state index in [1.807, 2.05) is 24.3 Å². The van der Waals surface area contributed by atoms with Gasteiger partial charge >= 0.3 is 12.1 Å². The summed E-state index contributed by atoms with van der Waals surface area (Å²) >= 11 is 0. The number of rotatable bonds is 8. The molecular weight excluding hydrogens is 444 g/mol. The maximum atomic E-state index is 12.8. The van der Waals surface area contributed by atoms with Crippen molar-refractivity contribution in [1.82, 2.24) is 10.6 Å². The summed E-state index contributed by atoms with van der Waals surface area (Å²) in [5, 5.41) is 14.9. The minimum Gasteiger partial charge on any atom is -0.481 e. The molecule has 2 aromatic rings. The Bertz CT molecular complexity index is 1070. The van der Waals surface area contributed by atoms with Gasteiger partial charge in [0.1, 0.15) is 6.61 Å². The molecule has 0 aromatic heterocycles. The molecule has 35 heavy (non-hydrogen) atoms. The molecule has 3 aliphatic rings. The van der Waals surface area contributed by atoms with E-state index >= 15 is 0 Å². The number of carboxylic acids is 1. The van der Waals surface area contributed by atoms with Gasteiger partial charge in [-0.15, -0.1) is 0 Å². The maximum absolute atomic E-state index is 12.8. The Morgan fingerprint density at radius 1 is 0.914 bits per heavy atom. The fourth-order valence-electron chi connectivity index (χ4n) is 5.76. The number of amides is 2. The van der Waals surface area contributed by atoms with E-state index in [-0.39, 0.29) is 42.2 Å². The number of fused-ring (bicyclic) bond motifs is 3. The van der Waals surface area contributed by atoms with Gasteiger partial charge in [-0.25, -0.2) is 4.79 Å². The van der Waals surface area contributed by atoms with E-state index in [1.165, 1.54) is 22.3 Å². The summed E-state index contributed by atoms with van der Waals surface area (Å²) < 4.78 is 5.71. The van der Waals surface area contributed by atoms with Gasteiger partial charge in [-0.2, -0.15) is 0 Å². The van der Waals surface area contributed by atoms with Crippen molar-refractivity contribution in [2.24, 2.45) is 17.8 Å². The number of aliphatic carboxylic acids is 1. The van der Waals surface area contributed by atoms with Crippen LogP contribution in [0.1, 0.15) is 55.6 Å². The van der Waals surface area contributed by atoms with E-state index in [0.29, 0.717) is 19.4 Å². The lowest BCUT2D eigenvalue weighted by Gasteiger charge is -2.31. The average molecular weight is 477 g/mol. The van der Waals surface area contributed by atoms with Crippen LogP contribution in [0.15, 0.2) is 48.5 Å². The zero-order chi connectivity index (χ0) is 24.4. The summed E-state index contributed by atoms with van der Waals surface area (Å²) in [6.07, 6.45) is 4.27. The maximum Gasteiger partial charge on any atom is 0.407 e. The average Bonchev–Trinajstić information content (AvgIpc) is 3.58. The van der Waals surface area contributed by atoms with Crippen LogP contribution in [0, 0.1) is 17.8 Å². The van der Waals surface area contributed by atoms with Crippen LogP contribution in [0.25, 0.3) is 11.1 Å². The third-order valence-electron chi connectivity index (χ3n) is 7.80. The van der Waals surface area contributed by atoms with E-state index in [0.717, 1.165) is 25.7 Å². The summed E-state index contributed by atoms with van der Waals surface area (Å²) in [6, 6.07) is 16.4. The quantitative estimate of drug-likeness (QED) is 0.527. The first kappa shape index (κ1) is 23.4. The molecule has 2 aromatic carbocycles. The van der Waals surface area contributed by atoms with Gasteiger partial charge in [0, 0.05) is 24.9 Å². The molecule has 0 bridgehead atoms. The van der Waals surface area contributed by atoms with Gasteiger partial charge in [-0.05, 0) is 53.4 Å². The topological polar surface area (TPSA) is 105 Å². The Balaban J connectivity index is 1.13. The number of benzene rings is 2. The number of alkyl carbamates (subject to hydrolysis) is 1. The van der Waals surface area contributed by atoms with Gasteiger partial charge in [-0.1, -0.05) is 61.4 Å². The second-order valence-electron chi connectivity index (χ2n) is 10.1. The van der Waals surface area contributed by atoms with Crippen LogP contribution in [0.2, 0.25) is 0 Å². The van der Waals surface area contributed by atoms with Gasteiger partial charge in [0.25, 0.3) is 0 Å². The van der Waals surface area contributed by atoms with Crippen molar-refractivity contribution in [2.75, 3.05) is 13.2 Å². The summed E-state index contributed by atoms with van der Waals surface area (Å²) in [6.45, 7) is 0.677. The zero-order valence-corrected chi connectivity index (χ0v) is 19.7. The molecule has 2 fully saturated rings. The van der Waals surface area contributed by atoms with Crippen LogP contribution < -0.4 is 10.6 Å². The molecule has 7 heteroatoms. The molecule has 0 saturated heterocycles. The standard InChI is InChI=1S/C28H32N2O5/c31-26(29-15-18-13-23(18)27(32)33)14-17-7-1-6-12-25(17)30-28(34)35-16-24-21-10-4-2-8-19(21)20-9-3-5-11-22(20)24/h2-5,8-11,17-18,23-25H,1,6-7,12-16H2,(H,29,31)(H,30,34)(H,32,33). The van der Waals surface area contributed by atoms with Gasteiger partial charge in [0.05, 0.1) is 5.92 Å². The predicted molar refractivity (Wildman–Crippen MR) is 131 cm³/mol. The van der Waals surface area contributed by atoms with Crippen molar-refractivity contribution < 1.29 is 24.2 Å². The van der Waals surface area contributed by atoms with E-state index in [4.69, 9.17) is 9.84 Å². The SMILES string of the molecule is O=C(CC1CCCCC1NC(=O)OCC1c2ccccc2-c2ccccc21)NCC1CC1C(=O)O. The van der Waals surface area contributed by atoms with Gasteiger partial charge in [-0.3, -0.25) is 9.59 Å². The number of hydrogen-bond acceptors (Lipinski definition) is 4. The lowest BCUT2D eigenvalue weighted by molar-refractivity contribution is -0.139. The van der Waals surface area contributed by atoms with Gasteiger partial charge in [0.2, 0.25) is 5.91 Å². The Labute approximate surface area is 205 Å². The van der Waals surface area contributed by atoms with Crippen molar-refractivity contribution in [3.8, 4) is 11.1 Å². The highest BCUT2D eigenvalue weighted by Gasteiger charge is 2.43. The second-order valence-corrected chi connectivity index (χ2v) is 10.1. The van der Waals surface area contributed by atoms with Crippen LogP contribution >= 0.6 is 0 Å². The first-order valence-corrected chi connectivity index (χ1v) is 12.6. The number of carboxylic acid groups (broad SMARTS) is 1. The van der Waals surface area contributed by atoms with Gasteiger partial charge < -0.3 is 20.5 Å². The van der Waals surface area contributed by atoms with E-state index < -0.39 is 12.1 Å². The fraction of sp³-hybridized carbons (Fsp3) is 0.464. The highest BCUT2D eigenvalue weighted by molar-refractivity contribution is 5.79. The molecule has 184 valence electrons. The molecule has 2 saturated carbocycles. The molecule has 3 aliphatic carbocycles. The van der Waals surface area contributed by atoms with Crippen molar-refractivity contribution in [1.29, 1.82) is 0 Å². The molecule has 7 nitrogen and oxygen atoms in total. The summed E-state index contributed by atoms with van der Waals surface area (Å²) in [4.78, 5) is 36.2. The molecule has 0 spiro atoms. The molecular formula is C28H32N2O5. The first-order valence-electron chi connectivity index (χ1n) is 12.6. The smallest absolute Gasteiger partial charge is 0.407 e. The minimum absolute atomic E-state index is 0.0122. The van der Waals surface area contributed by atoms with Crippen LogP contribution in [-0.4, -0.2) is 42.3 Å². The normalized spacial score (nSPS) is 24.7. The zero-order valence-electron chi connectivity index (χ0n) is 19.7. The third-order valence-corrected chi connectivity index (χ3v) is 7.80. The molecule has 5 rings (SSSR count). The van der Waals surface area contributed by atoms with Crippen LogP contribution in [-0.2, 0) is 14.3 Å². The second kappa shape index (κ2) is 10.1. The number of nitrogens with one attached hydrogen (secondary N) is 2. The monoisotopic (exact) mass is 476 g/mol. The third kappa shape index (κ3) is 5.19. The number of carbonyl (C=O) groups excluding carboxylic acids is 2. The van der Waals surface area contributed by atoms with Crippen LogP contribution in [0.4, 0.5) is 4.79 Å². The van der Waals surface area contributed by atoms with Crippen molar-refractivity contribution in [2.45, 2.75) is 50.5 Å².